The topological polar surface area (TPSA) is 55.2 Å². The zero-order valence-corrected chi connectivity index (χ0v) is 11.3. The van der Waals surface area contributed by atoms with Crippen LogP contribution in [0.1, 0.15) is 13.0 Å². The summed E-state index contributed by atoms with van der Waals surface area (Å²) in [4.78, 5) is 0. The van der Waals surface area contributed by atoms with Crippen LogP contribution in [0.3, 0.4) is 0 Å². The molecule has 0 unspecified atom stereocenters. The molecule has 0 aromatic carbocycles. The van der Waals surface area contributed by atoms with E-state index in [0.29, 0.717) is 13.1 Å². The highest BCUT2D eigenvalue weighted by atomic mass is 127. The monoisotopic (exact) mass is 341 g/mol. The Morgan fingerprint density at radius 3 is 2.73 bits per heavy atom. The molecule has 0 aliphatic carbocycles. The van der Waals surface area contributed by atoms with E-state index in [4.69, 9.17) is 0 Å². The molecule has 7 heteroatoms. The molecule has 5 nitrogen and oxygen atoms in total. The zero-order valence-electron chi connectivity index (χ0n) is 8.30. The molecule has 1 aliphatic rings. The van der Waals surface area contributed by atoms with Crippen LogP contribution in [0.4, 0.5) is 0 Å². The second-order valence-electron chi connectivity index (χ2n) is 3.51. The Labute approximate surface area is 103 Å². The molecule has 2 heterocycles. The van der Waals surface area contributed by atoms with E-state index < -0.39 is 10.0 Å². The van der Waals surface area contributed by atoms with E-state index in [-0.39, 0.29) is 11.8 Å². The van der Waals surface area contributed by atoms with Crippen LogP contribution < -0.4 is 0 Å². The second kappa shape index (κ2) is 4.02. The van der Waals surface area contributed by atoms with E-state index in [0.717, 1.165) is 3.57 Å². The number of aromatic nitrogens is 2. The van der Waals surface area contributed by atoms with E-state index in [2.05, 4.69) is 27.7 Å². The van der Waals surface area contributed by atoms with E-state index in [1.165, 1.54) is 4.31 Å². The van der Waals surface area contributed by atoms with Crippen molar-refractivity contribution in [3.05, 3.63) is 16.0 Å². The van der Waals surface area contributed by atoms with E-state index in [1.54, 1.807) is 13.1 Å². The highest BCUT2D eigenvalue weighted by molar-refractivity contribution is 14.1. The lowest BCUT2D eigenvalue weighted by molar-refractivity contribution is 0.191. The Hall–Kier alpha value is -0.150. The minimum Gasteiger partial charge on any atom is -0.266 e. The SMILES string of the molecule is CCS(=O)(=O)N1CC(n2cc(I)cn2)C1. The summed E-state index contributed by atoms with van der Waals surface area (Å²) in [6.45, 7) is 2.77. The van der Waals surface area contributed by atoms with Crippen molar-refractivity contribution in [1.82, 2.24) is 14.1 Å². The van der Waals surface area contributed by atoms with Gasteiger partial charge in [-0.3, -0.25) is 4.68 Å². The fraction of sp³-hybridized carbons (Fsp3) is 0.625. The normalized spacial score (nSPS) is 19.1. The van der Waals surface area contributed by atoms with Crippen molar-refractivity contribution in [3.8, 4) is 0 Å². The summed E-state index contributed by atoms with van der Waals surface area (Å²) >= 11 is 2.19. The summed E-state index contributed by atoms with van der Waals surface area (Å²) in [6, 6.07) is 0.204. The number of rotatable bonds is 3. The molecule has 1 aromatic rings. The van der Waals surface area contributed by atoms with Crippen LogP contribution in [0.2, 0.25) is 0 Å². The molecule has 0 radical (unpaired) electrons. The molecule has 1 aliphatic heterocycles. The fourth-order valence-corrected chi connectivity index (χ4v) is 3.08. The van der Waals surface area contributed by atoms with Gasteiger partial charge in [0.2, 0.25) is 10.0 Å². The van der Waals surface area contributed by atoms with E-state index in [9.17, 15) is 8.42 Å². The Balaban J connectivity index is 2.00. The van der Waals surface area contributed by atoms with Crippen LogP contribution in [0.15, 0.2) is 12.4 Å². The molecule has 0 saturated carbocycles. The average molecular weight is 341 g/mol. The fourth-order valence-electron chi connectivity index (χ4n) is 1.51. The van der Waals surface area contributed by atoms with Gasteiger partial charge < -0.3 is 0 Å². The molecule has 84 valence electrons. The summed E-state index contributed by atoms with van der Waals surface area (Å²) in [5.74, 6) is 0.177. The van der Waals surface area contributed by atoms with Gasteiger partial charge in [0.25, 0.3) is 0 Å². The van der Waals surface area contributed by atoms with Gasteiger partial charge in [0.1, 0.15) is 0 Å². The first-order valence-corrected chi connectivity index (χ1v) is 7.39. The lowest BCUT2D eigenvalue weighted by atomic mass is 10.2. The molecule has 0 amide bonds. The molecular formula is C8H12IN3O2S. The first-order chi connectivity index (χ1) is 7.03. The standard InChI is InChI=1S/C8H12IN3O2S/c1-2-15(13,14)11-5-8(6-11)12-4-7(9)3-10-12/h3-4,8H,2,5-6H2,1H3. The predicted molar refractivity (Wildman–Crippen MR) is 65.0 cm³/mol. The first-order valence-electron chi connectivity index (χ1n) is 4.70. The largest absolute Gasteiger partial charge is 0.266 e. The number of hydrogen-bond acceptors (Lipinski definition) is 3. The Morgan fingerprint density at radius 2 is 2.27 bits per heavy atom. The molecule has 0 atom stereocenters. The van der Waals surface area contributed by atoms with Crippen LogP contribution in [-0.2, 0) is 10.0 Å². The maximum atomic E-state index is 11.5. The van der Waals surface area contributed by atoms with Gasteiger partial charge in [0.15, 0.2) is 0 Å². The molecule has 0 N–H and O–H groups in total. The van der Waals surface area contributed by atoms with Crippen LogP contribution in [0, 0.1) is 3.57 Å². The van der Waals surface area contributed by atoms with Gasteiger partial charge in [0.05, 0.1) is 21.6 Å². The highest BCUT2D eigenvalue weighted by Gasteiger charge is 2.35. The van der Waals surface area contributed by atoms with Crippen LogP contribution in [0.5, 0.6) is 0 Å². The number of sulfonamides is 1. The van der Waals surface area contributed by atoms with Crippen molar-refractivity contribution < 1.29 is 8.42 Å². The molecule has 1 saturated heterocycles. The van der Waals surface area contributed by atoms with Crippen LogP contribution in [0.25, 0.3) is 0 Å². The van der Waals surface area contributed by atoms with Crippen molar-refractivity contribution in [2.45, 2.75) is 13.0 Å². The Morgan fingerprint density at radius 1 is 1.60 bits per heavy atom. The Bertz CT molecular complexity index is 450. The molecule has 0 bridgehead atoms. The number of nitrogens with zero attached hydrogens (tertiary/aromatic N) is 3. The van der Waals surface area contributed by atoms with E-state index >= 15 is 0 Å². The first kappa shape index (κ1) is 11.3. The van der Waals surface area contributed by atoms with E-state index in [1.807, 2.05) is 10.9 Å². The van der Waals surface area contributed by atoms with Crippen molar-refractivity contribution in [1.29, 1.82) is 0 Å². The lowest BCUT2D eigenvalue weighted by Gasteiger charge is -2.37. The van der Waals surface area contributed by atoms with Gasteiger partial charge in [-0.05, 0) is 29.5 Å². The third-order valence-corrected chi connectivity index (χ3v) is 4.90. The van der Waals surface area contributed by atoms with Crippen molar-refractivity contribution in [2.24, 2.45) is 0 Å². The van der Waals surface area contributed by atoms with Gasteiger partial charge >= 0.3 is 0 Å². The average Bonchev–Trinajstić information content (AvgIpc) is 2.49. The van der Waals surface area contributed by atoms with Gasteiger partial charge in [-0.15, -0.1) is 0 Å². The summed E-state index contributed by atoms with van der Waals surface area (Å²) in [5, 5.41) is 4.17. The summed E-state index contributed by atoms with van der Waals surface area (Å²) in [5.41, 5.74) is 0. The van der Waals surface area contributed by atoms with Crippen molar-refractivity contribution in [3.63, 3.8) is 0 Å². The number of halogens is 1. The van der Waals surface area contributed by atoms with Gasteiger partial charge in [-0.2, -0.15) is 9.40 Å². The maximum Gasteiger partial charge on any atom is 0.213 e. The summed E-state index contributed by atoms with van der Waals surface area (Å²) < 4.78 is 27.3. The molecule has 15 heavy (non-hydrogen) atoms. The molecule has 1 fully saturated rings. The van der Waals surface area contributed by atoms with Gasteiger partial charge in [-0.25, -0.2) is 8.42 Å². The van der Waals surface area contributed by atoms with Gasteiger partial charge in [-0.1, -0.05) is 0 Å². The van der Waals surface area contributed by atoms with Crippen molar-refractivity contribution in [2.75, 3.05) is 18.8 Å². The lowest BCUT2D eigenvalue weighted by Crippen LogP contribution is -2.51. The third kappa shape index (κ3) is 2.18. The highest BCUT2D eigenvalue weighted by Crippen LogP contribution is 2.24. The zero-order chi connectivity index (χ0) is 11.1. The summed E-state index contributed by atoms with van der Waals surface area (Å²) in [6.07, 6.45) is 3.71. The smallest absolute Gasteiger partial charge is 0.213 e. The molecular weight excluding hydrogens is 329 g/mol. The second-order valence-corrected chi connectivity index (χ2v) is 7.01. The van der Waals surface area contributed by atoms with Gasteiger partial charge in [0, 0.05) is 19.3 Å². The Kier molecular flexibility index (Phi) is 3.04. The predicted octanol–water partition coefficient (Wildman–Crippen LogP) is 0.694. The minimum absolute atomic E-state index is 0.177. The van der Waals surface area contributed by atoms with Crippen LogP contribution in [-0.4, -0.2) is 41.3 Å². The van der Waals surface area contributed by atoms with Crippen molar-refractivity contribution >= 4 is 32.6 Å². The molecule has 1 aromatic heterocycles. The third-order valence-electron chi connectivity index (χ3n) is 2.53. The quantitative estimate of drug-likeness (QED) is 0.761. The van der Waals surface area contributed by atoms with Crippen LogP contribution >= 0.6 is 22.6 Å². The molecule has 0 spiro atoms. The summed E-state index contributed by atoms with van der Waals surface area (Å²) in [7, 11) is -3.01. The molecule has 2 rings (SSSR count). The maximum absolute atomic E-state index is 11.5. The minimum atomic E-state index is -3.01. The number of hydrogen-bond donors (Lipinski definition) is 0.